The lowest BCUT2D eigenvalue weighted by Crippen LogP contribution is -2.18. The summed E-state index contributed by atoms with van der Waals surface area (Å²) in [5.74, 6) is 0. The topological polar surface area (TPSA) is 38.9 Å². The third-order valence-corrected chi connectivity index (χ3v) is 7.13. The molecule has 0 bridgehead atoms. The van der Waals surface area contributed by atoms with Crippen LogP contribution in [0, 0.1) is 0 Å². The average molecular weight is 485 g/mol. The van der Waals surface area contributed by atoms with Gasteiger partial charge in [-0.05, 0) is 59.5 Å². The minimum absolute atomic E-state index is 0.0336. The van der Waals surface area contributed by atoms with Gasteiger partial charge < -0.3 is 4.42 Å². The van der Waals surface area contributed by atoms with Crippen molar-refractivity contribution in [1.82, 2.24) is 9.97 Å². The molecule has 0 fully saturated rings. The van der Waals surface area contributed by atoms with Crippen LogP contribution in [0.3, 0.4) is 0 Å². The molecule has 0 aliphatic rings. The standard InChI is InChI=1S/C34H32N2O/c1-33(2,3)23-19-29(36-31(20-23)34(4,5)6)22-15-17-30-26(18-22)24-11-9-12-25(32(24)37-30)28-16-14-21-10-7-8-13-27(21)35-28/h7-20H,1-6H3. The van der Waals surface area contributed by atoms with Gasteiger partial charge in [0.2, 0.25) is 0 Å². The molecule has 0 N–H and O–H groups in total. The zero-order valence-corrected chi connectivity index (χ0v) is 22.4. The van der Waals surface area contributed by atoms with E-state index < -0.39 is 0 Å². The number of para-hydroxylation sites is 2. The fourth-order valence-electron chi connectivity index (χ4n) is 4.87. The second kappa shape index (κ2) is 8.27. The SMILES string of the molecule is CC(C)(C)c1cc(-c2ccc3oc4c(-c5ccc6ccccc6n5)cccc4c3c2)nc(C(C)(C)C)c1. The summed E-state index contributed by atoms with van der Waals surface area (Å²) in [5.41, 5.74) is 9.13. The van der Waals surface area contributed by atoms with E-state index >= 15 is 0 Å². The highest BCUT2D eigenvalue weighted by molar-refractivity contribution is 6.10. The lowest BCUT2D eigenvalue weighted by Gasteiger charge is -2.25. The maximum atomic E-state index is 6.44. The zero-order chi connectivity index (χ0) is 25.9. The van der Waals surface area contributed by atoms with Crippen LogP contribution in [0.1, 0.15) is 52.8 Å². The molecule has 3 aromatic heterocycles. The van der Waals surface area contributed by atoms with Crippen LogP contribution in [0.5, 0.6) is 0 Å². The Kier molecular flexibility index (Phi) is 5.24. The van der Waals surface area contributed by atoms with E-state index in [4.69, 9.17) is 14.4 Å². The number of hydrogen-bond acceptors (Lipinski definition) is 3. The molecular weight excluding hydrogens is 452 g/mol. The second-order valence-corrected chi connectivity index (χ2v) is 12.0. The Morgan fingerprint density at radius 3 is 2.22 bits per heavy atom. The highest BCUT2D eigenvalue weighted by Gasteiger charge is 2.23. The summed E-state index contributed by atoms with van der Waals surface area (Å²) >= 11 is 0. The molecule has 0 saturated carbocycles. The predicted octanol–water partition coefficient (Wildman–Crippen LogP) is 9.46. The van der Waals surface area contributed by atoms with Gasteiger partial charge in [-0.25, -0.2) is 4.98 Å². The van der Waals surface area contributed by atoms with Crippen LogP contribution in [-0.4, -0.2) is 9.97 Å². The van der Waals surface area contributed by atoms with Gasteiger partial charge in [0.1, 0.15) is 11.2 Å². The number of furan rings is 1. The molecule has 3 aromatic carbocycles. The molecular formula is C34H32N2O. The quantitative estimate of drug-likeness (QED) is 0.246. The molecule has 3 heterocycles. The van der Waals surface area contributed by atoms with E-state index in [1.807, 2.05) is 12.1 Å². The maximum Gasteiger partial charge on any atom is 0.144 e. The average Bonchev–Trinajstić information content (AvgIpc) is 3.25. The molecule has 0 unspecified atom stereocenters. The normalized spacial score (nSPS) is 12.6. The van der Waals surface area contributed by atoms with E-state index in [1.54, 1.807) is 0 Å². The summed E-state index contributed by atoms with van der Waals surface area (Å²) in [6, 6.07) is 29.6. The van der Waals surface area contributed by atoms with Crippen molar-refractivity contribution in [3.05, 3.63) is 96.2 Å². The Hall–Kier alpha value is -3.98. The fraction of sp³-hybridized carbons (Fsp3) is 0.235. The molecule has 0 aliphatic carbocycles. The molecule has 0 radical (unpaired) electrons. The summed E-state index contributed by atoms with van der Waals surface area (Å²) in [7, 11) is 0. The van der Waals surface area contributed by atoms with Crippen molar-refractivity contribution in [3.63, 3.8) is 0 Å². The van der Waals surface area contributed by atoms with Crippen LogP contribution < -0.4 is 0 Å². The Morgan fingerprint density at radius 1 is 0.622 bits per heavy atom. The van der Waals surface area contributed by atoms with Gasteiger partial charge in [-0.3, -0.25) is 4.98 Å². The molecule has 3 heteroatoms. The summed E-state index contributed by atoms with van der Waals surface area (Å²) in [6.45, 7) is 13.4. The number of fused-ring (bicyclic) bond motifs is 4. The first-order chi connectivity index (χ1) is 17.6. The monoisotopic (exact) mass is 484 g/mol. The van der Waals surface area contributed by atoms with Crippen LogP contribution in [0.4, 0.5) is 0 Å². The maximum absolute atomic E-state index is 6.44. The van der Waals surface area contributed by atoms with Gasteiger partial charge >= 0.3 is 0 Å². The van der Waals surface area contributed by atoms with Crippen molar-refractivity contribution >= 4 is 32.8 Å². The molecule has 3 nitrogen and oxygen atoms in total. The lowest BCUT2D eigenvalue weighted by atomic mass is 9.82. The van der Waals surface area contributed by atoms with E-state index in [2.05, 4.69) is 114 Å². The highest BCUT2D eigenvalue weighted by Crippen LogP contribution is 2.38. The van der Waals surface area contributed by atoms with Gasteiger partial charge in [0.25, 0.3) is 0 Å². The number of pyridine rings is 2. The van der Waals surface area contributed by atoms with E-state index in [0.29, 0.717) is 0 Å². The van der Waals surface area contributed by atoms with Gasteiger partial charge in [0.15, 0.2) is 0 Å². The first-order valence-corrected chi connectivity index (χ1v) is 12.9. The minimum atomic E-state index is -0.0375. The van der Waals surface area contributed by atoms with Gasteiger partial charge in [-0.1, -0.05) is 77.9 Å². The van der Waals surface area contributed by atoms with E-state index in [9.17, 15) is 0 Å². The Bertz CT molecular complexity index is 1760. The molecule has 6 rings (SSSR count). The van der Waals surface area contributed by atoms with Crippen LogP contribution >= 0.6 is 0 Å². The Balaban J connectivity index is 1.53. The molecule has 6 aromatic rings. The smallest absolute Gasteiger partial charge is 0.144 e. The number of rotatable bonds is 2. The van der Waals surface area contributed by atoms with E-state index in [-0.39, 0.29) is 10.8 Å². The molecule has 0 atom stereocenters. The predicted molar refractivity (Wildman–Crippen MR) is 155 cm³/mol. The van der Waals surface area contributed by atoms with Crippen LogP contribution in [0.15, 0.2) is 89.3 Å². The summed E-state index contributed by atoms with van der Waals surface area (Å²) < 4.78 is 6.44. The first kappa shape index (κ1) is 23.4. The molecule has 0 spiro atoms. The fourth-order valence-corrected chi connectivity index (χ4v) is 4.87. The Morgan fingerprint density at radius 2 is 1.43 bits per heavy atom. The van der Waals surface area contributed by atoms with Gasteiger partial charge in [-0.2, -0.15) is 0 Å². The van der Waals surface area contributed by atoms with Crippen molar-refractivity contribution in [2.45, 2.75) is 52.4 Å². The molecule has 0 aliphatic heterocycles. The number of benzene rings is 3. The van der Waals surface area contributed by atoms with Gasteiger partial charge in [0.05, 0.1) is 16.9 Å². The van der Waals surface area contributed by atoms with Crippen LogP contribution in [0.2, 0.25) is 0 Å². The van der Waals surface area contributed by atoms with Crippen molar-refractivity contribution < 1.29 is 4.42 Å². The third kappa shape index (κ3) is 4.19. The molecule has 37 heavy (non-hydrogen) atoms. The molecule has 184 valence electrons. The number of nitrogens with zero attached hydrogens (tertiary/aromatic N) is 2. The van der Waals surface area contributed by atoms with Crippen molar-refractivity contribution in [1.29, 1.82) is 0 Å². The van der Waals surface area contributed by atoms with Crippen LogP contribution in [0.25, 0.3) is 55.4 Å². The van der Waals surface area contributed by atoms with Gasteiger partial charge in [-0.15, -0.1) is 0 Å². The Labute approximate surface area is 218 Å². The minimum Gasteiger partial charge on any atom is -0.455 e. The van der Waals surface area contributed by atoms with E-state index in [0.717, 1.165) is 61.1 Å². The largest absolute Gasteiger partial charge is 0.455 e. The van der Waals surface area contributed by atoms with Crippen molar-refractivity contribution in [2.75, 3.05) is 0 Å². The summed E-state index contributed by atoms with van der Waals surface area (Å²) in [4.78, 5) is 10.0. The van der Waals surface area contributed by atoms with Crippen molar-refractivity contribution in [2.24, 2.45) is 0 Å². The molecule has 0 saturated heterocycles. The number of aromatic nitrogens is 2. The van der Waals surface area contributed by atoms with Gasteiger partial charge in [0, 0.05) is 38.4 Å². The lowest BCUT2D eigenvalue weighted by molar-refractivity contribution is 0.553. The van der Waals surface area contributed by atoms with E-state index in [1.165, 1.54) is 5.56 Å². The van der Waals surface area contributed by atoms with Crippen molar-refractivity contribution in [3.8, 4) is 22.5 Å². The van der Waals surface area contributed by atoms with Crippen LogP contribution in [-0.2, 0) is 10.8 Å². The third-order valence-electron chi connectivity index (χ3n) is 7.13. The summed E-state index contributed by atoms with van der Waals surface area (Å²) in [5, 5.41) is 3.31. The second-order valence-electron chi connectivity index (χ2n) is 12.0. The molecule has 0 amide bonds. The number of hydrogen-bond donors (Lipinski definition) is 0. The summed E-state index contributed by atoms with van der Waals surface area (Å²) in [6.07, 6.45) is 0. The zero-order valence-electron chi connectivity index (χ0n) is 22.4. The first-order valence-electron chi connectivity index (χ1n) is 12.9. The highest BCUT2D eigenvalue weighted by atomic mass is 16.3.